The Bertz CT molecular complexity index is 818. The molecule has 0 radical (unpaired) electrons. The molecule has 1 amide bonds. The van der Waals surface area contributed by atoms with Gasteiger partial charge in [-0.2, -0.15) is 0 Å². The molecule has 0 saturated heterocycles. The zero-order valence-electron chi connectivity index (χ0n) is 11.2. The van der Waals surface area contributed by atoms with Crippen molar-refractivity contribution in [2.24, 2.45) is 0 Å². The van der Waals surface area contributed by atoms with Crippen LogP contribution in [0.2, 0.25) is 0 Å². The maximum Gasteiger partial charge on any atom is 0.265 e. The summed E-state index contributed by atoms with van der Waals surface area (Å²) in [5, 5.41) is 13.4. The van der Waals surface area contributed by atoms with E-state index < -0.39 is 11.5 Å². The highest BCUT2D eigenvalue weighted by atomic mass is 16.3. The Labute approximate surface area is 120 Å². The summed E-state index contributed by atoms with van der Waals surface area (Å²) in [4.78, 5) is 26.9. The van der Waals surface area contributed by atoms with Gasteiger partial charge in [0.05, 0.1) is 11.6 Å². The number of carbonyl (C=O) groups is 1. The molecule has 0 fully saturated rings. The highest BCUT2D eigenvalue weighted by Gasteiger charge is 2.20. The van der Waals surface area contributed by atoms with Gasteiger partial charge in [0.2, 0.25) is 0 Å². The summed E-state index contributed by atoms with van der Waals surface area (Å²) in [6.07, 6.45) is 8.15. The van der Waals surface area contributed by atoms with Crippen molar-refractivity contribution in [2.45, 2.75) is 12.5 Å². The zero-order chi connectivity index (χ0) is 14.8. The minimum Gasteiger partial charge on any atom is -0.506 e. The van der Waals surface area contributed by atoms with E-state index in [0.29, 0.717) is 17.3 Å². The second-order valence-electron chi connectivity index (χ2n) is 4.85. The van der Waals surface area contributed by atoms with Crippen LogP contribution in [0.15, 0.2) is 53.4 Å². The number of rotatable bonds is 2. The lowest BCUT2D eigenvalue weighted by Crippen LogP contribution is -2.36. The van der Waals surface area contributed by atoms with Gasteiger partial charge < -0.3 is 15.4 Å². The molecule has 0 bridgehead atoms. The predicted molar refractivity (Wildman–Crippen MR) is 80.4 cm³/mol. The SMILES string of the molecule is O=C(NC1C=CC=CC1)c1c(O)c2ccccc2[nH]c1=O. The number of amides is 1. The van der Waals surface area contributed by atoms with Gasteiger partial charge in [-0.25, -0.2) is 0 Å². The molecule has 2 aromatic rings. The maximum atomic E-state index is 12.2. The highest BCUT2D eigenvalue weighted by Crippen LogP contribution is 2.24. The van der Waals surface area contributed by atoms with Crippen molar-refractivity contribution in [3.05, 3.63) is 64.5 Å². The van der Waals surface area contributed by atoms with Gasteiger partial charge in [-0.05, 0) is 18.6 Å². The van der Waals surface area contributed by atoms with Gasteiger partial charge >= 0.3 is 0 Å². The molecule has 0 spiro atoms. The van der Waals surface area contributed by atoms with Crippen LogP contribution in [-0.2, 0) is 0 Å². The van der Waals surface area contributed by atoms with Crippen LogP contribution in [0.25, 0.3) is 10.9 Å². The van der Waals surface area contributed by atoms with Crippen LogP contribution in [0.5, 0.6) is 5.75 Å². The third-order valence-electron chi connectivity index (χ3n) is 3.42. The Morgan fingerprint density at radius 3 is 2.86 bits per heavy atom. The van der Waals surface area contributed by atoms with Gasteiger partial charge in [-0.15, -0.1) is 0 Å². The number of pyridine rings is 1. The number of benzene rings is 1. The van der Waals surface area contributed by atoms with E-state index in [-0.39, 0.29) is 17.4 Å². The number of para-hydroxylation sites is 1. The first-order valence-corrected chi connectivity index (χ1v) is 6.65. The number of aromatic hydroxyl groups is 1. The minimum absolute atomic E-state index is 0.173. The monoisotopic (exact) mass is 282 g/mol. The summed E-state index contributed by atoms with van der Waals surface area (Å²) in [5.41, 5.74) is -0.354. The maximum absolute atomic E-state index is 12.2. The molecule has 1 aliphatic rings. The first kappa shape index (κ1) is 13.2. The van der Waals surface area contributed by atoms with E-state index >= 15 is 0 Å². The van der Waals surface area contributed by atoms with Crippen LogP contribution in [0.4, 0.5) is 0 Å². The smallest absolute Gasteiger partial charge is 0.265 e. The lowest BCUT2D eigenvalue weighted by Gasteiger charge is -2.15. The van der Waals surface area contributed by atoms with E-state index in [1.54, 1.807) is 24.3 Å². The van der Waals surface area contributed by atoms with Gasteiger partial charge in [-0.3, -0.25) is 9.59 Å². The molecule has 3 N–H and O–H groups in total. The normalized spacial score (nSPS) is 17.0. The number of fused-ring (bicyclic) bond motifs is 1. The molecule has 1 aromatic heterocycles. The van der Waals surface area contributed by atoms with E-state index in [1.807, 2.05) is 24.3 Å². The fourth-order valence-corrected chi connectivity index (χ4v) is 2.36. The summed E-state index contributed by atoms with van der Waals surface area (Å²) >= 11 is 0. The van der Waals surface area contributed by atoms with Crippen molar-refractivity contribution in [3.63, 3.8) is 0 Å². The Kier molecular flexibility index (Phi) is 3.31. The number of carbonyl (C=O) groups excluding carboxylic acids is 1. The fraction of sp³-hybridized carbons (Fsp3) is 0.125. The molecule has 1 aliphatic carbocycles. The van der Waals surface area contributed by atoms with Crippen molar-refractivity contribution in [2.75, 3.05) is 0 Å². The van der Waals surface area contributed by atoms with Crippen LogP contribution >= 0.6 is 0 Å². The number of H-pyrrole nitrogens is 1. The van der Waals surface area contributed by atoms with E-state index in [4.69, 9.17) is 0 Å². The summed E-state index contributed by atoms with van der Waals surface area (Å²) in [6.45, 7) is 0. The van der Waals surface area contributed by atoms with Crippen molar-refractivity contribution in [1.29, 1.82) is 0 Å². The molecule has 3 rings (SSSR count). The topological polar surface area (TPSA) is 82.2 Å². The third-order valence-corrected chi connectivity index (χ3v) is 3.42. The van der Waals surface area contributed by atoms with Crippen LogP contribution in [0, 0.1) is 0 Å². The van der Waals surface area contributed by atoms with E-state index in [1.165, 1.54) is 0 Å². The molecule has 1 heterocycles. The van der Waals surface area contributed by atoms with Crippen molar-refractivity contribution in [3.8, 4) is 5.75 Å². The van der Waals surface area contributed by atoms with Crippen LogP contribution in [-0.4, -0.2) is 22.0 Å². The summed E-state index contributed by atoms with van der Waals surface area (Å²) < 4.78 is 0. The van der Waals surface area contributed by atoms with Crippen molar-refractivity contribution in [1.82, 2.24) is 10.3 Å². The Morgan fingerprint density at radius 1 is 1.29 bits per heavy atom. The number of allylic oxidation sites excluding steroid dienone is 2. The Balaban J connectivity index is 1.99. The lowest BCUT2D eigenvalue weighted by atomic mass is 10.1. The fourth-order valence-electron chi connectivity index (χ4n) is 2.36. The van der Waals surface area contributed by atoms with Gasteiger partial charge in [0.1, 0.15) is 11.3 Å². The van der Waals surface area contributed by atoms with E-state index in [0.717, 1.165) is 0 Å². The van der Waals surface area contributed by atoms with Gasteiger partial charge in [0.25, 0.3) is 11.5 Å². The highest BCUT2D eigenvalue weighted by molar-refractivity contribution is 6.02. The Morgan fingerprint density at radius 2 is 2.10 bits per heavy atom. The average Bonchev–Trinajstić information content (AvgIpc) is 2.48. The molecular formula is C16H14N2O3. The molecular weight excluding hydrogens is 268 g/mol. The quantitative estimate of drug-likeness (QED) is 0.786. The first-order chi connectivity index (χ1) is 10.2. The molecule has 1 atom stereocenters. The second-order valence-corrected chi connectivity index (χ2v) is 4.85. The van der Waals surface area contributed by atoms with Gasteiger partial charge in [0, 0.05) is 5.39 Å². The lowest BCUT2D eigenvalue weighted by molar-refractivity contribution is 0.0940. The van der Waals surface area contributed by atoms with Gasteiger partial charge in [-0.1, -0.05) is 36.4 Å². The molecule has 21 heavy (non-hydrogen) atoms. The zero-order valence-corrected chi connectivity index (χ0v) is 11.2. The largest absolute Gasteiger partial charge is 0.506 e. The number of hydrogen-bond acceptors (Lipinski definition) is 3. The van der Waals surface area contributed by atoms with Crippen LogP contribution in [0.1, 0.15) is 16.8 Å². The molecule has 5 nitrogen and oxygen atoms in total. The predicted octanol–water partition coefficient (Wildman–Crippen LogP) is 1.85. The molecule has 0 aliphatic heterocycles. The molecule has 1 aromatic carbocycles. The standard InChI is InChI=1S/C16H14N2O3/c19-14-11-8-4-5-9-12(11)18-16(21)13(14)15(20)17-10-6-2-1-3-7-10/h1-6,8-10H,7H2,(H,17,20)(H2,18,19,21). The van der Waals surface area contributed by atoms with E-state index in [2.05, 4.69) is 10.3 Å². The number of aromatic amines is 1. The summed E-state index contributed by atoms with van der Waals surface area (Å²) in [5.74, 6) is -0.869. The van der Waals surface area contributed by atoms with Gasteiger partial charge in [0.15, 0.2) is 0 Å². The van der Waals surface area contributed by atoms with E-state index in [9.17, 15) is 14.7 Å². The summed E-state index contributed by atoms with van der Waals surface area (Å²) in [7, 11) is 0. The first-order valence-electron chi connectivity index (χ1n) is 6.65. The molecule has 106 valence electrons. The number of aromatic nitrogens is 1. The van der Waals surface area contributed by atoms with Crippen molar-refractivity contribution >= 4 is 16.8 Å². The second kappa shape index (κ2) is 5.28. The minimum atomic E-state index is -0.598. The molecule has 1 unspecified atom stereocenters. The number of hydrogen-bond donors (Lipinski definition) is 3. The molecule has 0 saturated carbocycles. The third kappa shape index (κ3) is 2.45. The Hall–Kier alpha value is -2.82. The van der Waals surface area contributed by atoms with Crippen LogP contribution < -0.4 is 10.9 Å². The average molecular weight is 282 g/mol. The summed E-state index contributed by atoms with van der Waals surface area (Å²) in [6, 6.07) is 6.63. The number of nitrogens with one attached hydrogen (secondary N) is 2. The van der Waals surface area contributed by atoms with Crippen molar-refractivity contribution < 1.29 is 9.90 Å². The van der Waals surface area contributed by atoms with Crippen LogP contribution in [0.3, 0.4) is 0 Å². The molecule has 5 heteroatoms.